The first-order valence-electron chi connectivity index (χ1n) is 8.20. The van der Waals surface area contributed by atoms with Gasteiger partial charge in [-0.1, -0.05) is 52.0 Å². The fourth-order valence-electron chi connectivity index (χ4n) is 2.96. The Bertz CT molecular complexity index is 795. The fraction of sp³-hybridized carbons (Fsp3) is 0.368. The predicted molar refractivity (Wildman–Crippen MR) is 95.1 cm³/mol. The Labute approximate surface area is 142 Å². The summed E-state index contributed by atoms with van der Waals surface area (Å²) in [5.41, 5.74) is 3.35. The van der Waals surface area contributed by atoms with E-state index in [1.54, 1.807) is 4.68 Å². The molecule has 1 atom stereocenters. The lowest BCUT2D eigenvalue weighted by atomic mass is 9.85. The number of carboxylic acid groups (broad SMARTS) is 1. The Kier molecular flexibility index (Phi) is 3.95. The van der Waals surface area contributed by atoms with Crippen LogP contribution in [-0.4, -0.2) is 20.9 Å². The molecule has 2 heterocycles. The molecule has 1 aliphatic rings. The lowest BCUT2D eigenvalue weighted by molar-refractivity contribution is 0.0697. The van der Waals surface area contributed by atoms with E-state index in [2.05, 4.69) is 68.5 Å². The van der Waals surface area contributed by atoms with Crippen LogP contribution in [0.4, 0.5) is 5.82 Å². The summed E-state index contributed by atoms with van der Waals surface area (Å²) in [4.78, 5) is 11.5. The van der Waals surface area contributed by atoms with Crippen LogP contribution >= 0.6 is 0 Å². The third-order valence-electron chi connectivity index (χ3n) is 4.43. The number of aromatic carboxylic acids is 1. The molecule has 1 unspecified atom stereocenters. The summed E-state index contributed by atoms with van der Waals surface area (Å²) in [5.74, 6) is -0.432. The number of aromatic nitrogens is 2. The predicted octanol–water partition coefficient (Wildman–Crippen LogP) is 4.20. The molecular formula is C19H23N3O2. The molecule has 0 spiro atoms. The van der Waals surface area contributed by atoms with Crippen LogP contribution in [0.3, 0.4) is 0 Å². The van der Waals surface area contributed by atoms with E-state index >= 15 is 0 Å². The maximum atomic E-state index is 11.5. The maximum Gasteiger partial charge on any atom is 0.341 e. The van der Waals surface area contributed by atoms with Crippen molar-refractivity contribution in [3.8, 4) is 0 Å². The van der Waals surface area contributed by atoms with Gasteiger partial charge in [-0.15, -0.1) is 0 Å². The smallest absolute Gasteiger partial charge is 0.341 e. The van der Waals surface area contributed by atoms with Gasteiger partial charge in [0.15, 0.2) is 0 Å². The molecule has 1 aliphatic heterocycles. The second-order valence-corrected chi connectivity index (χ2v) is 7.22. The van der Waals surface area contributed by atoms with Gasteiger partial charge in [-0.25, -0.2) is 9.48 Å². The molecule has 0 radical (unpaired) electrons. The number of hydrogen-bond acceptors (Lipinski definition) is 3. The zero-order valence-electron chi connectivity index (χ0n) is 14.5. The number of nitrogens with zero attached hydrogens (tertiary/aromatic N) is 2. The highest BCUT2D eigenvalue weighted by atomic mass is 16.4. The Morgan fingerprint density at radius 2 is 1.96 bits per heavy atom. The van der Waals surface area contributed by atoms with Crippen LogP contribution in [0, 0.1) is 5.41 Å². The average Bonchev–Trinajstić information content (AvgIpc) is 2.97. The van der Waals surface area contributed by atoms with E-state index in [4.69, 9.17) is 0 Å². The molecule has 126 valence electrons. The van der Waals surface area contributed by atoms with Crippen molar-refractivity contribution in [3.05, 3.63) is 53.2 Å². The Morgan fingerprint density at radius 3 is 2.50 bits per heavy atom. The normalized spacial score (nSPS) is 17.0. The van der Waals surface area contributed by atoms with Gasteiger partial charge in [0.05, 0.1) is 12.2 Å². The highest BCUT2D eigenvalue weighted by Gasteiger charge is 2.33. The average molecular weight is 325 g/mol. The number of carboxylic acids is 1. The minimum atomic E-state index is -0.973. The van der Waals surface area contributed by atoms with E-state index in [-0.39, 0.29) is 17.0 Å². The van der Waals surface area contributed by atoms with Crippen LogP contribution in [-0.2, 0) is 6.42 Å². The first kappa shape index (κ1) is 16.3. The highest BCUT2D eigenvalue weighted by Crippen LogP contribution is 2.40. The molecule has 0 saturated carbocycles. The van der Waals surface area contributed by atoms with Crippen molar-refractivity contribution < 1.29 is 9.90 Å². The summed E-state index contributed by atoms with van der Waals surface area (Å²) in [6, 6.07) is 8.33. The second-order valence-electron chi connectivity index (χ2n) is 7.22. The molecule has 0 fully saturated rings. The first-order valence-corrected chi connectivity index (χ1v) is 8.20. The topological polar surface area (TPSA) is 67.2 Å². The molecule has 0 bridgehead atoms. The number of nitrogens with one attached hydrogen (secondary N) is 1. The van der Waals surface area contributed by atoms with Crippen LogP contribution in [0.25, 0.3) is 5.70 Å². The standard InChI is InChI=1S/C19H23N3O2/c1-5-12-6-8-13(9-7-12)15-10-16(19(2,3)4)22-17(21-15)14(11-20-22)18(23)24/h6-11,16,21H,5H2,1-4H3,(H,23,24). The van der Waals surface area contributed by atoms with Gasteiger partial charge >= 0.3 is 5.97 Å². The lowest BCUT2D eigenvalue weighted by Gasteiger charge is -2.34. The van der Waals surface area contributed by atoms with Gasteiger partial charge in [-0.3, -0.25) is 0 Å². The van der Waals surface area contributed by atoms with E-state index in [0.29, 0.717) is 5.82 Å². The quantitative estimate of drug-likeness (QED) is 0.887. The van der Waals surface area contributed by atoms with Crippen LogP contribution in [0.15, 0.2) is 36.5 Å². The number of anilines is 1. The van der Waals surface area contributed by atoms with Gasteiger partial charge in [-0.05, 0) is 29.0 Å². The molecule has 1 aromatic carbocycles. The molecule has 24 heavy (non-hydrogen) atoms. The van der Waals surface area contributed by atoms with Gasteiger partial charge in [0, 0.05) is 5.70 Å². The molecule has 3 rings (SSSR count). The highest BCUT2D eigenvalue weighted by molar-refractivity contribution is 5.96. The summed E-state index contributed by atoms with van der Waals surface area (Å²) in [5, 5.41) is 17.0. The molecule has 0 aliphatic carbocycles. The monoisotopic (exact) mass is 325 g/mol. The third-order valence-corrected chi connectivity index (χ3v) is 4.43. The van der Waals surface area contributed by atoms with Gasteiger partial charge in [-0.2, -0.15) is 5.10 Å². The number of carbonyl (C=O) groups is 1. The van der Waals surface area contributed by atoms with E-state index in [1.807, 2.05) is 0 Å². The van der Waals surface area contributed by atoms with Crippen molar-refractivity contribution in [1.82, 2.24) is 9.78 Å². The van der Waals surface area contributed by atoms with E-state index in [9.17, 15) is 9.90 Å². The fourth-order valence-corrected chi connectivity index (χ4v) is 2.96. The van der Waals surface area contributed by atoms with E-state index < -0.39 is 5.97 Å². The Morgan fingerprint density at radius 1 is 1.29 bits per heavy atom. The SMILES string of the molecule is CCc1ccc(C2=CC(C(C)(C)C)n3ncc(C(=O)O)c3N2)cc1. The summed E-state index contributed by atoms with van der Waals surface area (Å²) in [6.07, 6.45) is 4.54. The van der Waals surface area contributed by atoms with Crippen molar-refractivity contribution in [3.63, 3.8) is 0 Å². The zero-order chi connectivity index (χ0) is 17.5. The molecule has 2 N–H and O–H groups in total. The first-order chi connectivity index (χ1) is 11.3. The minimum absolute atomic E-state index is 0.0253. The zero-order valence-corrected chi connectivity index (χ0v) is 14.5. The maximum absolute atomic E-state index is 11.5. The van der Waals surface area contributed by atoms with Crippen LogP contribution in [0.1, 0.15) is 55.2 Å². The summed E-state index contributed by atoms with van der Waals surface area (Å²) >= 11 is 0. The van der Waals surface area contributed by atoms with Crippen LogP contribution in [0.5, 0.6) is 0 Å². The molecule has 5 nitrogen and oxygen atoms in total. The van der Waals surface area contributed by atoms with Gasteiger partial charge in [0.1, 0.15) is 11.4 Å². The number of aryl methyl sites for hydroxylation is 1. The number of hydrogen-bond donors (Lipinski definition) is 2. The van der Waals surface area contributed by atoms with Gasteiger partial charge in [0.2, 0.25) is 0 Å². The third kappa shape index (κ3) is 2.82. The summed E-state index contributed by atoms with van der Waals surface area (Å²) in [7, 11) is 0. The number of rotatable bonds is 3. The summed E-state index contributed by atoms with van der Waals surface area (Å²) in [6.45, 7) is 8.51. The van der Waals surface area contributed by atoms with Crippen molar-refractivity contribution in [1.29, 1.82) is 0 Å². The number of allylic oxidation sites excluding steroid dienone is 1. The van der Waals surface area contributed by atoms with Crippen molar-refractivity contribution >= 4 is 17.5 Å². The van der Waals surface area contributed by atoms with E-state index in [1.165, 1.54) is 11.8 Å². The van der Waals surface area contributed by atoms with E-state index in [0.717, 1.165) is 17.7 Å². The Hall–Kier alpha value is -2.56. The van der Waals surface area contributed by atoms with Gasteiger partial charge < -0.3 is 10.4 Å². The summed E-state index contributed by atoms with van der Waals surface area (Å²) < 4.78 is 1.77. The second kappa shape index (κ2) is 5.82. The van der Waals surface area contributed by atoms with Crippen molar-refractivity contribution in [2.45, 2.75) is 40.2 Å². The van der Waals surface area contributed by atoms with Crippen LogP contribution in [0.2, 0.25) is 0 Å². The molecule has 0 saturated heterocycles. The molecule has 1 aromatic heterocycles. The van der Waals surface area contributed by atoms with Gasteiger partial charge in [0.25, 0.3) is 0 Å². The lowest BCUT2D eigenvalue weighted by Crippen LogP contribution is -2.29. The van der Waals surface area contributed by atoms with Crippen molar-refractivity contribution in [2.24, 2.45) is 5.41 Å². The Balaban J connectivity index is 2.08. The van der Waals surface area contributed by atoms with Crippen LogP contribution < -0.4 is 5.32 Å². The molecule has 0 amide bonds. The molecular weight excluding hydrogens is 302 g/mol. The number of fused-ring (bicyclic) bond motifs is 1. The molecule has 2 aromatic rings. The minimum Gasteiger partial charge on any atom is -0.477 e. The molecule has 5 heteroatoms. The largest absolute Gasteiger partial charge is 0.477 e. The van der Waals surface area contributed by atoms with Crippen molar-refractivity contribution in [2.75, 3.05) is 5.32 Å². The number of benzene rings is 1.